The lowest BCUT2D eigenvalue weighted by atomic mass is 10.1. The third kappa shape index (κ3) is 7.84. The SMILES string of the molecule is CC(C)(C)OC(=O)NC(CCCO)C(F)(F)F. The molecule has 1 amide bonds. The minimum Gasteiger partial charge on any atom is -0.444 e. The van der Waals surface area contributed by atoms with E-state index in [1.807, 2.05) is 0 Å². The quantitative estimate of drug-likeness (QED) is 0.811. The highest BCUT2D eigenvalue weighted by molar-refractivity contribution is 5.68. The van der Waals surface area contributed by atoms with E-state index in [0.717, 1.165) is 0 Å². The molecule has 0 saturated carbocycles. The number of carbonyl (C=O) groups is 1. The van der Waals surface area contributed by atoms with E-state index >= 15 is 0 Å². The largest absolute Gasteiger partial charge is 0.444 e. The van der Waals surface area contributed by atoms with Gasteiger partial charge in [0, 0.05) is 6.61 Å². The number of alkyl carbamates (subject to hydrolysis) is 1. The van der Waals surface area contributed by atoms with Crippen molar-refractivity contribution in [3.63, 3.8) is 0 Å². The second-order valence-electron chi connectivity index (χ2n) is 4.61. The molecule has 0 spiro atoms. The van der Waals surface area contributed by atoms with Crippen molar-refractivity contribution in [1.29, 1.82) is 0 Å². The highest BCUT2D eigenvalue weighted by atomic mass is 19.4. The zero-order valence-corrected chi connectivity index (χ0v) is 10.1. The van der Waals surface area contributed by atoms with Crippen LogP contribution in [0.3, 0.4) is 0 Å². The van der Waals surface area contributed by atoms with Gasteiger partial charge in [-0.25, -0.2) is 4.79 Å². The predicted octanol–water partition coefficient (Wildman–Crippen LogP) is 2.21. The number of rotatable bonds is 4. The van der Waals surface area contributed by atoms with Gasteiger partial charge in [0.2, 0.25) is 0 Å². The summed E-state index contributed by atoms with van der Waals surface area (Å²) in [7, 11) is 0. The van der Waals surface area contributed by atoms with Crippen molar-refractivity contribution in [3.8, 4) is 0 Å². The van der Waals surface area contributed by atoms with E-state index in [1.165, 1.54) is 0 Å². The number of aliphatic hydroxyl groups excluding tert-OH is 1. The van der Waals surface area contributed by atoms with Gasteiger partial charge in [0.05, 0.1) is 0 Å². The molecule has 0 bridgehead atoms. The molecule has 7 heteroatoms. The smallest absolute Gasteiger partial charge is 0.408 e. The lowest BCUT2D eigenvalue weighted by Crippen LogP contribution is -2.47. The first kappa shape index (κ1) is 16.0. The molecule has 0 heterocycles. The molecule has 0 aliphatic heterocycles. The van der Waals surface area contributed by atoms with Gasteiger partial charge in [0.25, 0.3) is 0 Å². The van der Waals surface area contributed by atoms with Crippen LogP contribution in [0.15, 0.2) is 0 Å². The number of carbonyl (C=O) groups excluding carboxylic acids is 1. The number of halogens is 3. The van der Waals surface area contributed by atoms with Crippen LogP contribution in [0, 0.1) is 0 Å². The van der Waals surface area contributed by atoms with Crippen LogP contribution in [-0.4, -0.2) is 35.6 Å². The summed E-state index contributed by atoms with van der Waals surface area (Å²) >= 11 is 0. The molecule has 0 radical (unpaired) electrons. The molecule has 2 N–H and O–H groups in total. The van der Waals surface area contributed by atoms with Crippen molar-refractivity contribution < 1.29 is 27.8 Å². The molecule has 102 valence electrons. The molecule has 0 aromatic heterocycles. The Hall–Kier alpha value is -0.980. The molecular weight excluding hydrogens is 239 g/mol. The first-order valence-corrected chi connectivity index (χ1v) is 5.23. The fraction of sp³-hybridized carbons (Fsp3) is 0.900. The third-order valence-corrected chi connectivity index (χ3v) is 1.74. The van der Waals surface area contributed by atoms with Gasteiger partial charge in [0.15, 0.2) is 0 Å². The zero-order chi connectivity index (χ0) is 13.7. The minimum absolute atomic E-state index is 0.0417. The fourth-order valence-electron chi connectivity index (χ4n) is 1.06. The Balaban J connectivity index is 4.39. The number of ether oxygens (including phenoxy) is 1. The zero-order valence-electron chi connectivity index (χ0n) is 10.1. The van der Waals surface area contributed by atoms with Crippen LogP contribution in [0.25, 0.3) is 0 Å². The van der Waals surface area contributed by atoms with Gasteiger partial charge in [-0.2, -0.15) is 13.2 Å². The number of aliphatic hydroxyl groups is 1. The van der Waals surface area contributed by atoms with Crippen molar-refractivity contribution in [2.75, 3.05) is 6.61 Å². The molecule has 0 aromatic carbocycles. The Morgan fingerprint density at radius 3 is 2.24 bits per heavy atom. The van der Waals surface area contributed by atoms with Gasteiger partial charge >= 0.3 is 12.3 Å². The highest BCUT2D eigenvalue weighted by Gasteiger charge is 2.40. The first-order valence-electron chi connectivity index (χ1n) is 5.23. The van der Waals surface area contributed by atoms with Crippen LogP contribution in [0.1, 0.15) is 33.6 Å². The van der Waals surface area contributed by atoms with E-state index in [9.17, 15) is 18.0 Å². The highest BCUT2D eigenvalue weighted by Crippen LogP contribution is 2.23. The van der Waals surface area contributed by atoms with Crippen LogP contribution in [0.4, 0.5) is 18.0 Å². The van der Waals surface area contributed by atoms with E-state index in [4.69, 9.17) is 9.84 Å². The minimum atomic E-state index is -4.55. The summed E-state index contributed by atoms with van der Waals surface area (Å²) < 4.78 is 42.2. The molecule has 0 aliphatic rings. The monoisotopic (exact) mass is 257 g/mol. The van der Waals surface area contributed by atoms with E-state index < -0.39 is 23.9 Å². The van der Waals surface area contributed by atoms with Crippen LogP contribution < -0.4 is 5.32 Å². The lowest BCUT2D eigenvalue weighted by molar-refractivity contribution is -0.157. The molecule has 0 rings (SSSR count). The topological polar surface area (TPSA) is 58.6 Å². The van der Waals surface area contributed by atoms with E-state index in [1.54, 1.807) is 26.1 Å². The van der Waals surface area contributed by atoms with Crippen LogP contribution in [0.2, 0.25) is 0 Å². The standard InChI is InChI=1S/C10H18F3NO3/c1-9(2,3)17-8(16)14-7(5-4-6-15)10(11,12)13/h7,15H,4-6H2,1-3H3,(H,14,16). The number of amides is 1. The maximum absolute atomic E-state index is 12.5. The Labute approximate surface area is 98.1 Å². The Morgan fingerprint density at radius 1 is 1.35 bits per heavy atom. The average molecular weight is 257 g/mol. The molecule has 0 aromatic rings. The second kappa shape index (κ2) is 6.09. The second-order valence-corrected chi connectivity index (χ2v) is 4.61. The van der Waals surface area contributed by atoms with Crippen molar-refractivity contribution in [2.24, 2.45) is 0 Å². The summed E-state index contributed by atoms with van der Waals surface area (Å²) in [6.45, 7) is 4.32. The summed E-state index contributed by atoms with van der Waals surface area (Å²) in [6, 6.07) is -2.00. The van der Waals surface area contributed by atoms with E-state index in [0.29, 0.717) is 0 Å². The van der Waals surface area contributed by atoms with Crippen molar-refractivity contribution in [3.05, 3.63) is 0 Å². The molecule has 1 unspecified atom stereocenters. The summed E-state index contributed by atoms with van der Waals surface area (Å²) in [5.74, 6) is 0. The molecule has 1 atom stereocenters. The molecule has 0 fully saturated rings. The maximum atomic E-state index is 12.5. The fourth-order valence-corrected chi connectivity index (χ4v) is 1.06. The molecule has 0 aliphatic carbocycles. The average Bonchev–Trinajstić information content (AvgIpc) is 2.07. The van der Waals surface area contributed by atoms with Crippen LogP contribution in [-0.2, 0) is 4.74 Å². The van der Waals surface area contributed by atoms with Gasteiger partial charge in [-0.05, 0) is 33.6 Å². The van der Waals surface area contributed by atoms with Crippen molar-refractivity contribution >= 4 is 6.09 Å². The van der Waals surface area contributed by atoms with E-state index in [-0.39, 0.29) is 19.4 Å². The molecule has 4 nitrogen and oxygen atoms in total. The molecule has 0 saturated heterocycles. The Kier molecular flexibility index (Phi) is 5.74. The maximum Gasteiger partial charge on any atom is 0.408 e. The summed E-state index contributed by atoms with van der Waals surface area (Å²) in [6.07, 6.45) is -6.08. The van der Waals surface area contributed by atoms with Crippen LogP contribution in [0.5, 0.6) is 0 Å². The normalized spacial score (nSPS) is 14.3. The summed E-state index contributed by atoms with van der Waals surface area (Å²) in [4.78, 5) is 11.2. The summed E-state index contributed by atoms with van der Waals surface area (Å²) in [5.41, 5.74) is -0.850. The number of hydrogen-bond donors (Lipinski definition) is 2. The van der Waals surface area contributed by atoms with Gasteiger partial charge < -0.3 is 15.2 Å². The van der Waals surface area contributed by atoms with Gasteiger partial charge in [-0.1, -0.05) is 0 Å². The lowest BCUT2D eigenvalue weighted by Gasteiger charge is -2.24. The number of alkyl halides is 3. The number of hydrogen-bond acceptors (Lipinski definition) is 3. The van der Waals surface area contributed by atoms with Crippen molar-refractivity contribution in [1.82, 2.24) is 5.32 Å². The van der Waals surface area contributed by atoms with Gasteiger partial charge in [-0.15, -0.1) is 0 Å². The molecule has 17 heavy (non-hydrogen) atoms. The van der Waals surface area contributed by atoms with Crippen LogP contribution >= 0.6 is 0 Å². The van der Waals surface area contributed by atoms with E-state index in [2.05, 4.69) is 0 Å². The third-order valence-electron chi connectivity index (χ3n) is 1.74. The Morgan fingerprint density at radius 2 is 1.88 bits per heavy atom. The van der Waals surface area contributed by atoms with Crippen molar-refractivity contribution in [2.45, 2.75) is 51.4 Å². The molecular formula is C10H18F3NO3. The predicted molar refractivity (Wildman–Crippen MR) is 55.5 cm³/mol. The van der Waals surface area contributed by atoms with Gasteiger partial charge in [-0.3, -0.25) is 0 Å². The summed E-state index contributed by atoms with van der Waals surface area (Å²) in [5, 5.41) is 10.2. The Bertz CT molecular complexity index is 248. The van der Waals surface area contributed by atoms with Gasteiger partial charge in [0.1, 0.15) is 11.6 Å². The first-order chi connectivity index (χ1) is 7.56. The number of nitrogens with one attached hydrogen (secondary N) is 1.